The van der Waals surface area contributed by atoms with Crippen LogP contribution in [0.4, 0.5) is 10.1 Å². The standard InChI is InChI=1S/C13H21FN2O/c1-10(17)12-9-11(14)5-6-13(12)16(4)8-7-15(2)3/h5-6,9-10,17H,7-8H2,1-4H3/t10-/m0/s1. The topological polar surface area (TPSA) is 26.7 Å². The highest BCUT2D eigenvalue weighted by molar-refractivity contribution is 5.54. The first-order valence-corrected chi connectivity index (χ1v) is 5.75. The Kier molecular flexibility index (Phi) is 4.90. The maximum atomic E-state index is 13.1. The third-order valence-electron chi connectivity index (χ3n) is 2.73. The van der Waals surface area contributed by atoms with Crippen molar-refractivity contribution in [1.82, 2.24) is 4.90 Å². The van der Waals surface area contributed by atoms with E-state index in [1.54, 1.807) is 13.0 Å². The van der Waals surface area contributed by atoms with Gasteiger partial charge in [0.25, 0.3) is 0 Å². The molecule has 0 saturated carbocycles. The summed E-state index contributed by atoms with van der Waals surface area (Å²) in [6.07, 6.45) is -0.664. The number of hydrogen-bond donors (Lipinski definition) is 1. The van der Waals surface area contributed by atoms with Crippen molar-refractivity contribution in [1.29, 1.82) is 0 Å². The van der Waals surface area contributed by atoms with Crippen LogP contribution < -0.4 is 4.90 Å². The van der Waals surface area contributed by atoms with Crippen molar-refractivity contribution in [3.63, 3.8) is 0 Å². The number of anilines is 1. The van der Waals surface area contributed by atoms with Gasteiger partial charge < -0.3 is 14.9 Å². The molecule has 0 heterocycles. The smallest absolute Gasteiger partial charge is 0.123 e. The Morgan fingerprint density at radius 3 is 2.41 bits per heavy atom. The molecular weight excluding hydrogens is 219 g/mol. The Morgan fingerprint density at radius 2 is 1.88 bits per heavy atom. The quantitative estimate of drug-likeness (QED) is 0.851. The van der Waals surface area contributed by atoms with Gasteiger partial charge in [-0.15, -0.1) is 0 Å². The largest absolute Gasteiger partial charge is 0.389 e. The summed E-state index contributed by atoms with van der Waals surface area (Å²) < 4.78 is 13.1. The summed E-state index contributed by atoms with van der Waals surface area (Å²) in [6, 6.07) is 4.53. The van der Waals surface area contributed by atoms with E-state index >= 15 is 0 Å². The number of aliphatic hydroxyl groups is 1. The van der Waals surface area contributed by atoms with Gasteiger partial charge in [-0.25, -0.2) is 4.39 Å². The highest BCUT2D eigenvalue weighted by Crippen LogP contribution is 2.26. The summed E-state index contributed by atoms with van der Waals surface area (Å²) in [5.41, 5.74) is 1.51. The Balaban J connectivity index is 2.88. The lowest BCUT2D eigenvalue weighted by Gasteiger charge is -2.25. The van der Waals surface area contributed by atoms with E-state index in [1.807, 2.05) is 26.0 Å². The van der Waals surface area contributed by atoms with Gasteiger partial charge >= 0.3 is 0 Å². The van der Waals surface area contributed by atoms with Crippen LogP contribution in [0.1, 0.15) is 18.6 Å². The predicted octanol–water partition coefficient (Wildman–Crippen LogP) is 1.88. The van der Waals surface area contributed by atoms with Gasteiger partial charge in [0.05, 0.1) is 6.10 Å². The molecular formula is C13H21FN2O. The van der Waals surface area contributed by atoms with Crippen LogP contribution >= 0.6 is 0 Å². The van der Waals surface area contributed by atoms with Gasteiger partial charge in [0.2, 0.25) is 0 Å². The molecule has 1 atom stereocenters. The zero-order valence-corrected chi connectivity index (χ0v) is 10.9. The summed E-state index contributed by atoms with van der Waals surface area (Å²) in [4.78, 5) is 4.11. The summed E-state index contributed by atoms with van der Waals surface area (Å²) >= 11 is 0. The van der Waals surface area contributed by atoms with Gasteiger partial charge in [-0.3, -0.25) is 0 Å². The molecule has 0 radical (unpaired) electrons. The molecule has 0 aliphatic rings. The molecule has 0 saturated heterocycles. The summed E-state index contributed by atoms with van der Waals surface area (Å²) in [6.45, 7) is 3.39. The fourth-order valence-electron chi connectivity index (χ4n) is 1.68. The van der Waals surface area contributed by atoms with Crippen molar-refractivity contribution in [3.05, 3.63) is 29.6 Å². The van der Waals surface area contributed by atoms with Crippen molar-refractivity contribution in [2.45, 2.75) is 13.0 Å². The van der Waals surface area contributed by atoms with Gasteiger partial charge in [0.15, 0.2) is 0 Å². The summed E-state index contributed by atoms with van der Waals surface area (Å²) in [5, 5.41) is 9.65. The fraction of sp³-hybridized carbons (Fsp3) is 0.538. The molecule has 96 valence electrons. The van der Waals surface area contributed by atoms with Crippen LogP contribution in [-0.4, -0.2) is 44.2 Å². The average Bonchev–Trinajstić information content (AvgIpc) is 2.25. The monoisotopic (exact) mass is 240 g/mol. The molecule has 0 aromatic heterocycles. The number of rotatable bonds is 5. The van der Waals surface area contributed by atoms with Gasteiger partial charge in [0, 0.05) is 31.4 Å². The minimum absolute atomic E-state index is 0.314. The molecule has 1 aromatic carbocycles. The SMILES string of the molecule is C[C@H](O)c1cc(F)ccc1N(C)CCN(C)C. The van der Waals surface area contributed by atoms with Gasteiger partial charge in [0.1, 0.15) is 5.82 Å². The first kappa shape index (κ1) is 13.9. The van der Waals surface area contributed by atoms with Crippen molar-refractivity contribution >= 4 is 5.69 Å². The molecule has 3 nitrogen and oxygen atoms in total. The minimum atomic E-state index is -0.664. The number of hydrogen-bond acceptors (Lipinski definition) is 3. The molecule has 1 aromatic rings. The first-order chi connectivity index (χ1) is 7.91. The maximum Gasteiger partial charge on any atom is 0.123 e. The van der Waals surface area contributed by atoms with Crippen molar-refractivity contribution in [2.24, 2.45) is 0 Å². The third-order valence-corrected chi connectivity index (χ3v) is 2.73. The molecule has 0 bridgehead atoms. The molecule has 0 aliphatic heterocycles. The van der Waals surface area contributed by atoms with Crippen LogP contribution in [0, 0.1) is 5.82 Å². The lowest BCUT2D eigenvalue weighted by atomic mass is 10.1. The minimum Gasteiger partial charge on any atom is -0.389 e. The van der Waals surface area contributed by atoms with Crippen LogP contribution in [0.3, 0.4) is 0 Å². The van der Waals surface area contributed by atoms with Crippen LogP contribution in [0.5, 0.6) is 0 Å². The van der Waals surface area contributed by atoms with Crippen molar-refractivity contribution in [2.75, 3.05) is 39.1 Å². The van der Waals surface area contributed by atoms with Crippen LogP contribution in [0.25, 0.3) is 0 Å². The zero-order valence-electron chi connectivity index (χ0n) is 10.9. The van der Waals surface area contributed by atoms with Crippen LogP contribution in [0.15, 0.2) is 18.2 Å². The van der Waals surface area contributed by atoms with E-state index in [0.717, 1.165) is 18.8 Å². The molecule has 0 aliphatic carbocycles. The predicted molar refractivity (Wildman–Crippen MR) is 68.9 cm³/mol. The summed E-state index contributed by atoms with van der Waals surface area (Å²) in [5.74, 6) is -0.314. The Labute approximate surface area is 102 Å². The van der Waals surface area contributed by atoms with E-state index in [1.165, 1.54) is 12.1 Å². The van der Waals surface area contributed by atoms with Crippen molar-refractivity contribution < 1.29 is 9.50 Å². The molecule has 0 fully saturated rings. The lowest BCUT2D eigenvalue weighted by Crippen LogP contribution is -2.29. The second-order valence-electron chi connectivity index (χ2n) is 4.60. The van der Waals surface area contributed by atoms with E-state index < -0.39 is 6.10 Å². The van der Waals surface area contributed by atoms with Crippen molar-refractivity contribution in [3.8, 4) is 0 Å². The second kappa shape index (κ2) is 5.98. The molecule has 17 heavy (non-hydrogen) atoms. The molecule has 1 N–H and O–H groups in total. The fourth-order valence-corrected chi connectivity index (χ4v) is 1.68. The first-order valence-electron chi connectivity index (χ1n) is 5.75. The van der Waals surface area contributed by atoms with E-state index in [2.05, 4.69) is 4.90 Å². The number of nitrogens with zero attached hydrogens (tertiary/aromatic N) is 2. The molecule has 0 amide bonds. The molecule has 1 rings (SSSR count). The van der Waals surface area contributed by atoms with Crippen LogP contribution in [0.2, 0.25) is 0 Å². The number of benzene rings is 1. The normalized spacial score (nSPS) is 12.9. The van der Waals surface area contributed by atoms with Gasteiger partial charge in [-0.05, 0) is 39.2 Å². The number of aliphatic hydroxyl groups excluding tert-OH is 1. The van der Waals surface area contributed by atoms with E-state index in [4.69, 9.17) is 0 Å². The second-order valence-corrected chi connectivity index (χ2v) is 4.60. The number of likely N-dealkylation sites (N-methyl/N-ethyl adjacent to an activating group) is 2. The zero-order chi connectivity index (χ0) is 13.0. The maximum absolute atomic E-state index is 13.1. The number of halogens is 1. The Hall–Kier alpha value is -1.13. The highest BCUT2D eigenvalue weighted by atomic mass is 19.1. The average molecular weight is 240 g/mol. The molecule has 0 spiro atoms. The Morgan fingerprint density at radius 1 is 1.24 bits per heavy atom. The van der Waals surface area contributed by atoms with E-state index in [-0.39, 0.29) is 5.82 Å². The van der Waals surface area contributed by atoms with E-state index in [0.29, 0.717) is 5.56 Å². The lowest BCUT2D eigenvalue weighted by molar-refractivity contribution is 0.199. The summed E-state index contributed by atoms with van der Waals surface area (Å²) in [7, 11) is 5.96. The third kappa shape index (κ3) is 3.98. The molecule has 4 heteroatoms. The van der Waals surface area contributed by atoms with Gasteiger partial charge in [-0.2, -0.15) is 0 Å². The van der Waals surface area contributed by atoms with Gasteiger partial charge in [-0.1, -0.05) is 0 Å². The van der Waals surface area contributed by atoms with Crippen LogP contribution in [-0.2, 0) is 0 Å². The highest BCUT2D eigenvalue weighted by Gasteiger charge is 2.12. The molecule has 0 unspecified atom stereocenters. The van der Waals surface area contributed by atoms with E-state index in [9.17, 15) is 9.50 Å². The Bertz CT molecular complexity index is 366.